The van der Waals surface area contributed by atoms with Gasteiger partial charge in [-0.25, -0.2) is 4.98 Å². The van der Waals surface area contributed by atoms with Crippen LogP contribution in [0.1, 0.15) is 17.7 Å². The molecule has 29 heavy (non-hydrogen) atoms. The lowest BCUT2D eigenvalue weighted by Crippen LogP contribution is -2.51. The molecule has 0 radical (unpaired) electrons. The molecule has 150 valence electrons. The SMILES string of the molecule is Oc1ccc(N2CCN(C3CCc4nn(-c5ccccn5)c(O)c4C3)CC2)cc1. The summed E-state index contributed by atoms with van der Waals surface area (Å²) in [5, 5.41) is 24.9. The van der Waals surface area contributed by atoms with Crippen LogP contribution in [0.4, 0.5) is 5.69 Å². The Hall–Kier alpha value is -3.06. The predicted molar refractivity (Wildman–Crippen MR) is 111 cm³/mol. The highest BCUT2D eigenvalue weighted by molar-refractivity contribution is 5.49. The largest absolute Gasteiger partial charge is 0.508 e. The first-order chi connectivity index (χ1) is 14.2. The second-order valence-corrected chi connectivity index (χ2v) is 7.78. The topological polar surface area (TPSA) is 77.7 Å². The van der Waals surface area contributed by atoms with Crippen LogP contribution in [-0.4, -0.2) is 62.1 Å². The highest BCUT2D eigenvalue weighted by atomic mass is 16.3. The van der Waals surface area contributed by atoms with Gasteiger partial charge in [0.15, 0.2) is 5.82 Å². The number of rotatable bonds is 3. The van der Waals surface area contributed by atoms with Crippen LogP contribution in [0.15, 0.2) is 48.7 Å². The molecule has 1 saturated heterocycles. The van der Waals surface area contributed by atoms with Gasteiger partial charge < -0.3 is 15.1 Å². The molecule has 0 saturated carbocycles. The zero-order valence-corrected chi connectivity index (χ0v) is 16.3. The van der Waals surface area contributed by atoms with Crippen molar-refractivity contribution in [1.82, 2.24) is 19.7 Å². The van der Waals surface area contributed by atoms with E-state index in [1.54, 1.807) is 23.0 Å². The van der Waals surface area contributed by atoms with Gasteiger partial charge in [-0.05, 0) is 55.7 Å². The maximum atomic E-state index is 10.8. The molecule has 1 aliphatic heterocycles. The van der Waals surface area contributed by atoms with Gasteiger partial charge in [0.2, 0.25) is 5.88 Å². The fraction of sp³-hybridized carbons (Fsp3) is 0.364. The predicted octanol–water partition coefficient (Wildman–Crippen LogP) is 2.36. The van der Waals surface area contributed by atoms with Crippen LogP contribution in [0.2, 0.25) is 0 Å². The number of fused-ring (bicyclic) bond motifs is 1. The van der Waals surface area contributed by atoms with Crippen molar-refractivity contribution in [2.75, 3.05) is 31.1 Å². The highest BCUT2D eigenvalue weighted by Gasteiger charge is 2.31. The third-order valence-corrected chi connectivity index (χ3v) is 6.11. The standard InChI is InChI=1S/C22H25N5O2/c28-18-7-4-16(5-8-18)25-11-13-26(14-12-25)17-6-9-20-19(15-17)22(29)27(24-20)21-3-1-2-10-23-21/h1-5,7-8,10,17,28-29H,6,9,11-15H2. The molecular formula is C22H25N5O2. The minimum atomic E-state index is 0.228. The number of nitrogens with zero attached hydrogens (tertiary/aromatic N) is 5. The summed E-state index contributed by atoms with van der Waals surface area (Å²) < 4.78 is 1.57. The molecule has 3 heterocycles. The Bertz CT molecular complexity index is 978. The zero-order chi connectivity index (χ0) is 19.8. The summed E-state index contributed by atoms with van der Waals surface area (Å²) in [6.45, 7) is 3.92. The molecule has 1 fully saturated rings. The molecule has 2 N–H and O–H groups in total. The molecular weight excluding hydrogens is 366 g/mol. The molecule has 2 aromatic heterocycles. The second-order valence-electron chi connectivity index (χ2n) is 7.78. The van der Waals surface area contributed by atoms with Gasteiger partial charge in [0.1, 0.15) is 5.75 Å². The summed E-state index contributed by atoms with van der Waals surface area (Å²) in [4.78, 5) is 9.21. The zero-order valence-electron chi connectivity index (χ0n) is 16.3. The van der Waals surface area contributed by atoms with E-state index in [0.717, 1.165) is 62.4 Å². The number of anilines is 1. The Labute approximate surface area is 169 Å². The summed E-state index contributed by atoms with van der Waals surface area (Å²) in [5.74, 6) is 1.18. The summed E-state index contributed by atoms with van der Waals surface area (Å²) >= 11 is 0. The van der Waals surface area contributed by atoms with Crippen LogP contribution >= 0.6 is 0 Å². The van der Waals surface area contributed by atoms with Gasteiger partial charge in [-0.1, -0.05) is 6.07 Å². The third-order valence-electron chi connectivity index (χ3n) is 6.11. The first-order valence-electron chi connectivity index (χ1n) is 10.2. The molecule has 5 rings (SSSR count). The smallest absolute Gasteiger partial charge is 0.219 e. The highest BCUT2D eigenvalue weighted by Crippen LogP contribution is 2.32. The fourth-order valence-corrected chi connectivity index (χ4v) is 4.50. The van der Waals surface area contributed by atoms with Crippen molar-refractivity contribution >= 4 is 5.69 Å². The van der Waals surface area contributed by atoms with Crippen molar-refractivity contribution in [3.05, 3.63) is 59.9 Å². The molecule has 0 amide bonds. The maximum absolute atomic E-state index is 10.8. The van der Waals surface area contributed by atoms with Crippen LogP contribution in [0.25, 0.3) is 5.82 Å². The van der Waals surface area contributed by atoms with E-state index in [2.05, 4.69) is 19.9 Å². The number of piperazine rings is 1. The lowest BCUT2D eigenvalue weighted by Gasteiger charge is -2.41. The van der Waals surface area contributed by atoms with Crippen LogP contribution in [-0.2, 0) is 12.8 Å². The average Bonchev–Trinajstić information content (AvgIpc) is 3.11. The molecule has 0 spiro atoms. The molecule has 1 unspecified atom stereocenters. The molecule has 1 atom stereocenters. The number of phenolic OH excluding ortho intramolecular Hbond substituents is 1. The number of phenols is 1. The van der Waals surface area contributed by atoms with Gasteiger partial charge in [0.25, 0.3) is 0 Å². The molecule has 1 aliphatic carbocycles. The number of benzene rings is 1. The fourth-order valence-electron chi connectivity index (χ4n) is 4.50. The van der Waals surface area contributed by atoms with E-state index in [-0.39, 0.29) is 5.88 Å². The van der Waals surface area contributed by atoms with Crippen LogP contribution in [0.3, 0.4) is 0 Å². The first kappa shape index (κ1) is 18.0. The number of aryl methyl sites for hydroxylation is 1. The van der Waals surface area contributed by atoms with Crippen LogP contribution < -0.4 is 4.90 Å². The van der Waals surface area contributed by atoms with Crippen molar-refractivity contribution in [3.8, 4) is 17.4 Å². The second kappa shape index (κ2) is 7.40. The van der Waals surface area contributed by atoms with E-state index in [1.165, 1.54) is 0 Å². The van der Waals surface area contributed by atoms with Crippen molar-refractivity contribution in [3.63, 3.8) is 0 Å². The molecule has 0 bridgehead atoms. The van der Waals surface area contributed by atoms with E-state index < -0.39 is 0 Å². The molecule has 2 aliphatic rings. The lowest BCUT2D eigenvalue weighted by molar-refractivity contribution is 0.169. The van der Waals surface area contributed by atoms with E-state index in [9.17, 15) is 10.2 Å². The monoisotopic (exact) mass is 391 g/mol. The van der Waals surface area contributed by atoms with Gasteiger partial charge in [0, 0.05) is 49.7 Å². The Morgan fingerprint density at radius 3 is 2.45 bits per heavy atom. The Balaban J connectivity index is 1.27. The van der Waals surface area contributed by atoms with E-state index in [1.807, 2.05) is 30.3 Å². The molecule has 7 nitrogen and oxygen atoms in total. The maximum Gasteiger partial charge on any atom is 0.219 e. The normalized spacial score (nSPS) is 19.9. The van der Waals surface area contributed by atoms with Crippen molar-refractivity contribution in [2.45, 2.75) is 25.3 Å². The quantitative estimate of drug-likeness (QED) is 0.714. The van der Waals surface area contributed by atoms with Gasteiger partial charge in [-0.3, -0.25) is 4.90 Å². The summed E-state index contributed by atoms with van der Waals surface area (Å²) in [6.07, 6.45) is 4.48. The van der Waals surface area contributed by atoms with Crippen LogP contribution in [0.5, 0.6) is 11.6 Å². The minimum absolute atomic E-state index is 0.228. The molecule has 3 aromatic rings. The summed E-state index contributed by atoms with van der Waals surface area (Å²) in [6, 6.07) is 13.5. The minimum Gasteiger partial charge on any atom is -0.508 e. The van der Waals surface area contributed by atoms with Gasteiger partial charge >= 0.3 is 0 Å². The first-order valence-corrected chi connectivity index (χ1v) is 10.2. The van der Waals surface area contributed by atoms with E-state index in [4.69, 9.17) is 0 Å². The van der Waals surface area contributed by atoms with E-state index in [0.29, 0.717) is 17.6 Å². The number of hydrogen-bond donors (Lipinski definition) is 2. The summed E-state index contributed by atoms with van der Waals surface area (Å²) in [5.41, 5.74) is 3.11. The number of pyridine rings is 1. The summed E-state index contributed by atoms with van der Waals surface area (Å²) in [7, 11) is 0. The third kappa shape index (κ3) is 3.42. The lowest BCUT2D eigenvalue weighted by atomic mass is 9.91. The Kier molecular flexibility index (Phi) is 4.60. The van der Waals surface area contributed by atoms with E-state index >= 15 is 0 Å². The molecule has 7 heteroatoms. The van der Waals surface area contributed by atoms with Gasteiger partial charge in [0.05, 0.1) is 5.69 Å². The van der Waals surface area contributed by atoms with Crippen molar-refractivity contribution < 1.29 is 10.2 Å². The number of aromatic nitrogens is 3. The average molecular weight is 391 g/mol. The van der Waals surface area contributed by atoms with Crippen molar-refractivity contribution in [1.29, 1.82) is 0 Å². The van der Waals surface area contributed by atoms with Gasteiger partial charge in [-0.15, -0.1) is 0 Å². The van der Waals surface area contributed by atoms with Crippen LogP contribution in [0, 0.1) is 0 Å². The Morgan fingerprint density at radius 1 is 0.931 bits per heavy atom. The Morgan fingerprint density at radius 2 is 1.72 bits per heavy atom. The van der Waals surface area contributed by atoms with Crippen molar-refractivity contribution in [2.24, 2.45) is 0 Å². The molecule has 1 aromatic carbocycles. The number of aromatic hydroxyl groups is 2. The number of hydrogen-bond acceptors (Lipinski definition) is 6. The van der Waals surface area contributed by atoms with Gasteiger partial charge in [-0.2, -0.15) is 9.78 Å².